The first kappa shape index (κ1) is 12.9. The van der Waals surface area contributed by atoms with Crippen LogP contribution in [0.25, 0.3) is 0 Å². The Balaban J connectivity index is 2.17. The summed E-state index contributed by atoms with van der Waals surface area (Å²) in [5.74, 6) is 0.231. The molecule has 19 heavy (non-hydrogen) atoms. The van der Waals surface area contributed by atoms with Gasteiger partial charge in [0.15, 0.2) is 0 Å². The van der Waals surface area contributed by atoms with Gasteiger partial charge in [0.05, 0.1) is 17.6 Å². The molecule has 1 aromatic carbocycles. The van der Waals surface area contributed by atoms with Crippen molar-refractivity contribution >= 4 is 17.6 Å². The lowest BCUT2D eigenvalue weighted by Crippen LogP contribution is -2.37. The molecule has 0 unspecified atom stereocenters. The maximum atomic E-state index is 11.9. The molecule has 1 aliphatic rings. The number of hydrogen-bond acceptors (Lipinski definition) is 4. The number of rotatable bonds is 2. The van der Waals surface area contributed by atoms with Crippen molar-refractivity contribution in [1.29, 1.82) is 5.26 Å². The van der Waals surface area contributed by atoms with Crippen LogP contribution in [0.2, 0.25) is 0 Å². The summed E-state index contributed by atoms with van der Waals surface area (Å²) in [5.41, 5.74) is 12.7. The summed E-state index contributed by atoms with van der Waals surface area (Å²) in [6, 6.07) is 6.20. The van der Waals surface area contributed by atoms with Crippen LogP contribution in [0.5, 0.6) is 0 Å². The van der Waals surface area contributed by atoms with Crippen molar-refractivity contribution in [3.05, 3.63) is 35.2 Å². The highest BCUT2D eigenvalue weighted by molar-refractivity contribution is 6.03. The van der Waals surface area contributed by atoms with Gasteiger partial charge in [-0.15, -0.1) is 0 Å². The van der Waals surface area contributed by atoms with E-state index in [0.29, 0.717) is 42.1 Å². The molecule has 2 rings (SSSR count). The number of primary amides is 1. The van der Waals surface area contributed by atoms with Gasteiger partial charge in [0.2, 0.25) is 5.91 Å². The lowest BCUT2D eigenvalue weighted by Gasteiger charge is -2.12. The summed E-state index contributed by atoms with van der Waals surface area (Å²) in [7, 11) is 0. The number of amides is 3. The van der Waals surface area contributed by atoms with Gasteiger partial charge in [-0.05, 0) is 36.6 Å². The van der Waals surface area contributed by atoms with Crippen LogP contribution in [0.1, 0.15) is 17.5 Å². The molecule has 1 heterocycles. The Morgan fingerprint density at radius 2 is 2.21 bits per heavy atom. The Bertz CT molecular complexity index is 576. The van der Waals surface area contributed by atoms with Crippen molar-refractivity contribution in [3.8, 4) is 6.07 Å². The molecular weight excluding hydrogens is 244 g/mol. The van der Waals surface area contributed by atoms with Gasteiger partial charge in [-0.2, -0.15) is 5.26 Å². The van der Waals surface area contributed by atoms with Gasteiger partial charge in [0.1, 0.15) is 0 Å². The standard InChI is InChI=1S/C13H13N4O2/c14-7-8-1-2-11(15)10(5-8)6-9-3-4-17(12(9)18)13(16)19/h1-2,5H,3-4,6,15H2,(H2,16,19). The van der Waals surface area contributed by atoms with Crippen molar-refractivity contribution in [2.75, 3.05) is 12.3 Å². The van der Waals surface area contributed by atoms with Crippen LogP contribution >= 0.6 is 0 Å². The number of urea groups is 1. The summed E-state index contributed by atoms with van der Waals surface area (Å²) >= 11 is 0. The molecule has 1 radical (unpaired) electrons. The molecule has 0 bridgehead atoms. The smallest absolute Gasteiger partial charge is 0.321 e. The Kier molecular flexibility index (Phi) is 3.38. The van der Waals surface area contributed by atoms with E-state index in [0.717, 1.165) is 4.90 Å². The molecule has 0 spiro atoms. The fourth-order valence-corrected chi connectivity index (χ4v) is 2.08. The van der Waals surface area contributed by atoms with Crippen LogP contribution in [0.4, 0.5) is 10.5 Å². The minimum Gasteiger partial charge on any atom is -0.399 e. The molecule has 3 amide bonds. The molecule has 6 nitrogen and oxygen atoms in total. The number of carbonyl (C=O) groups excluding carboxylic acids is 2. The SMILES string of the molecule is N#Cc1ccc(N)c(C[C]2CCN(C(N)=O)C2=O)c1. The Hall–Kier alpha value is -2.55. The first-order valence-corrected chi connectivity index (χ1v) is 5.77. The number of anilines is 1. The second kappa shape index (κ2) is 4.98. The van der Waals surface area contributed by atoms with Gasteiger partial charge >= 0.3 is 6.03 Å². The number of benzene rings is 1. The van der Waals surface area contributed by atoms with Crippen LogP contribution in [-0.4, -0.2) is 23.4 Å². The number of nitrogens with two attached hydrogens (primary N) is 2. The number of likely N-dealkylation sites (tertiary alicyclic amines) is 1. The molecule has 1 saturated heterocycles. The number of nitriles is 1. The highest BCUT2D eigenvalue weighted by Crippen LogP contribution is 2.27. The highest BCUT2D eigenvalue weighted by atomic mass is 16.2. The summed E-state index contributed by atoms with van der Waals surface area (Å²) in [5, 5.41) is 8.85. The normalized spacial score (nSPS) is 15.5. The van der Waals surface area contributed by atoms with E-state index in [1.165, 1.54) is 0 Å². The van der Waals surface area contributed by atoms with Gasteiger partial charge in [-0.25, -0.2) is 4.79 Å². The molecule has 0 atom stereocenters. The van der Waals surface area contributed by atoms with Gasteiger partial charge in [-0.1, -0.05) is 0 Å². The molecule has 97 valence electrons. The number of nitrogen functional groups attached to an aromatic ring is 1. The van der Waals surface area contributed by atoms with Gasteiger partial charge in [0, 0.05) is 12.2 Å². The van der Waals surface area contributed by atoms with Gasteiger partial charge < -0.3 is 11.5 Å². The van der Waals surface area contributed by atoms with E-state index in [1.54, 1.807) is 18.2 Å². The zero-order valence-electron chi connectivity index (χ0n) is 10.2. The van der Waals surface area contributed by atoms with E-state index in [1.807, 2.05) is 6.07 Å². The minimum atomic E-state index is -0.737. The van der Waals surface area contributed by atoms with Crippen LogP contribution in [0, 0.1) is 17.2 Å². The van der Waals surface area contributed by atoms with Crippen molar-refractivity contribution in [1.82, 2.24) is 4.90 Å². The molecule has 0 saturated carbocycles. The van der Waals surface area contributed by atoms with Crippen LogP contribution < -0.4 is 11.5 Å². The third-order valence-electron chi connectivity index (χ3n) is 3.13. The third kappa shape index (κ3) is 2.50. The van der Waals surface area contributed by atoms with Crippen LogP contribution in [0.3, 0.4) is 0 Å². The zero-order valence-corrected chi connectivity index (χ0v) is 10.2. The lowest BCUT2D eigenvalue weighted by atomic mass is 9.96. The van der Waals surface area contributed by atoms with E-state index in [2.05, 4.69) is 0 Å². The third-order valence-corrected chi connectivity index (χ3v) is 3.13. The molecule has 0 aliphatic carbocycles. The summed E-state index contributed by atoms with van der Waals surface area (Å²) in [4.78, 5) is 23.9. The topological polar surface area (TPSA) is 113 Å². The first-order chi connectivity index (χ1) is 9.02. The van der Waals surface area contributed by atoms with Crippen LogP contribution in [0.15, 0.2) is 18.2 Å². The first-order valence-electron chi connectivity index (χ1n) is 5.77. The highest BCUT2D eigenvalue weighted by Gasteiger charge is 2.35. The fourth-order valence-electron chi connectivity index (χ4n) is 2.08. The maximum Gasteiger partial charge on any atom is 0.321 e. The molecule has 1 fully saturated rings. The van der Waals surface area contributed by atoms with Crippen LogP contribution in [-0.2, 0) is 11.2 Å². The van der Waals surface area contributed by atoms with E-state index >= 15 is 0 Å². The van der Waals surface area contributed by atoms with Crippen molar-refractivity contribution in [2.24, 2.45) is 5.73 Å². The lowest BCUT2D eigenvalue weighted by molar-refractivity contribution is -0.123. The fraction of sp³-hybridized carbons (Fsp3) is 0.231. The molecular formula is C13H13N4O2. The van der Waals surface area contributed by atoms with Gasteiger partial charge in [0.25, 0.3) is 0 Å². The predicted molar refractivity (Wildman–Crippen MR) is 68.4 cm³/mol. The Labute approximate surface area is 110 Å². The average molecular weight is 257 g/mol. The Morgan fingerprint density at radius 3 is 2.79 bits per heavy atom. The molecule has 6 heteroatoms. The van der Waals surface area contributed by atoms with E-state index in [-0.39, 0.29) is 5.91 Å². The van der Waals surface area contributed by atoms with Crippen molar-refractivity contribution < 1.29 is 9.59 Å². The van der Waals surface area contributed by atoms with E-state index in [4.69, 9.17) is 16.7 Å². The quantitative estimate of drug-likeness (QED) is 0.754. The van der Waals surface area contributed by atoms with E-state index < -0.39 is 6.03 Å². The monoisotopic (exact) mass is 257 g/mol. The molecule has 1 aromatic rings. The van der Waals surface area contributed by atoms with Crippen molar-refractivity contribution in [2.45, 2.75) is 12.8 Å². The Morgan fingerprint density at radius 1 is 1.47 bits per heavy atom. The molecule has 1 aliphatic heterocycles. The maximum absolute atomic E-state index is 11.9. The summed E-state index contributed by atoms with van der Waals surface area (Å²) < 4.78 is 0. The van der Waals surface area contributed by atoms with E-state index in [9.17, 15) is 9.59 Å². The second-order valence-electron chi connectivity index (χ2n) is 4.35. The second-order valence-corrected chi connectivity index (χ2v) is 4.35. The number of imide groups is 1. The predicted octanol–water partition coefficient (Wildman–Crippen LogP) is 0.568. The van der Waals surface area contributed by atoms with Gasteiger partial charge in [-0.3, -0.25) is 9.69 Å². The molecule has 0 aromatic heterocycles. The minimum absolute atomic E-state index is 0.307. The van der Waals surface area contributed by atoms with Crippen molar-refractivity contribution in [3.63, 3.8) is 0 Å². The largest absolute Gasteiger partial charge is 0.399 e. The average Bonchev–Trinajstić information content (AvgIpc) is 2.74. The summed E-state index contributed by atoms with van der Waals surface area (Å²) in [6.07, 6.45) is 0.821. The summed E-state index contributed by atoms with van der Waals surface area (Å²) in [6.45, 7) is 0.307. The number of carbonyl (C=O) groups is 2. The number of nitrogens with zero attached hydrogens (tertiary/aromatic N) is 2. The number of hydrogen-bond donors (Lipinski definition) is 2. The molecule has 4 N–H and O–H groups in total. The zero-order chi connectivity index (χ0) is 14.0.